The van der Waals surface area contributed by atoms with Crippen LogP contribution >= 0.6 is 11.6 Å². The fraction of sp³-hybridized carbons (Fsp3) is 0.111. The van der Waals surface area contributed by atoms with Gasteiger partial charge in [-0.15, -0.1) is 0 Å². The predicted molar refractivity (Wildman–Crippen MR) is 127 cm³/mol. The molecule has 0 saturated heterocycles. The van der Waals surface area contributed by atoms with Gasteiger partial charge in [0.15, 0.2) is 11.6 Å². The lowest BCUT2D eigenvalue weighted by molar-refractivity contribution is -0.119. The predicted octanol–water partition coefficient (Wildman–Crippen LogP) is 5.62. The summed E-state index contributed by atoms with van der Waals surface area (Å²) >= 11 is 6.26. The third-order valence-electron chi connectivity index (χ3n) is 5.37. The van der Waals surface area contributed by atoms with Crippen LogP contribution < -0.4 is 4.90 Å². The van der Waals surface area contributed by atoms with E-state index < -0.39 is 0 Å². The van der Waals surface area contributed by atoms with E-state index >= 15 is 0 Å². The number of hydrogen-bond donors (Lipinski definition) is 0. The lowest BCUT2D eigenvalue weighted by Crippen LogP contribution is -2.21. The van der Waals surface area contributed by atoms with E-state index in [0.29, 0.717) is 10.6 Å². The van der Waals surface area contributed by atoms with Crippen molar-refractivity contribution in [2.45, 2.75) is 6.42 Å². The van der Waals surface area contributed by atoms with Gasteiger partial charge >= 0.3 is 0 Å². The Kier molecular flexibility index (Phi) is 5.88. The number of halogens is 1. The maximum Gasteiger partial charge on any atom is 0.190 e. The van der Waals surface area contributed by atoms with Gasteiger partial charge in [0.1, 0.15) is 0 Å². The van der Waals surface area contributed by atoms with E-state index in [0.717, 1.165) is 27.9 Å². The molecule has 0 saturated carbocycles. The maximum atomic E-state index is 13.2. The lowest BCUT2D eigenvalue weighted by Gasteiger charge is -2.22. The van der Waals surface area contributed by atoms with E-state index in [1.54, 1.807) is 12.1 Å². The Morgan fingerprint density at radius 1 is 0.968 bits per heavy atom. The van der Waals surface area contributed by atoms with E-state index in [1.807, 2.05) is 85.7 Å². The summed E-state index contributed by atoms with van der Waals surface area (Å²) in [6.07, 6.45) is 3.42. The van der Waals surface area contributed by atoms with Crippen molar-refractivity contribution in [3.8, 4) is 0 Å². The van der Waals surface area contributed by atoms with Gasteiger partial charge in [0.2, 0.25) is 0 Å². The highest BCUT2D eigenvalue weighted by atomic mass is 35.5. The summed E-state index contributed by atoms with van der Waals surface area (Å²) in [4.78, 5) is 28.3. The molecule has 0 radical (unpaired) electrons. The number of anilines is 1. The molecule has 1 aliphatic carbocycles. The molecule has 3 aromatic carbocycles. The molecule has 3 nitrogen and oxygen atoms in total. The van der Waals surface area contributed by atoms with Gasteiger partial charge in [-0.2, -0.15) is 0 Å². The highest BCUT2D eigenvalue weighted by molar-refractivity contribution is 6.33. The van der Waals surface area contributed by atoms with Gasteiger partial charge in [-0.1, -0.05) is 66.2 Å². The molecular weight excluding hydrogens is 406 g/mol. The second-order valence-electron chi connectivity index (χ2n) is 7.70. The van der Waals surface area contributed by atoms with Crippen molar-refractivity contribution in [3.05, 3.63) is 112 Å². The summed E-state index contributed by atoms with van der Waals surface area (Å²) in [7, 11) is 3.95. The van der Waals surface area contributed by atoms with Gasteiger partial charge in [0, 0.05) is 36.8 Å². The van der Waals surface area contributed by atoms with Crippen LogP contribution in [-0.2, 0) is 16.0 Å². The zero-order chi connectivity index (χ0) is 22.0. The molecule has 4 heteroatoms. The Bertz CT molecular complexity index is 1210. The number of carbonyl (C=O) groups is 2. The molecule has 0 N–H and O–H groups in total. The molecule has 31 heavy (non-hydrogen) atoms. The number of rotatable bonds is 5. The summed E-state index contributed by atoms with van der Waals surface area (Å²) in [6, 6.07) is 22.9. The van der Waals surface area contributed by atoms with Crippen molar-refractivity contribution in [3.63, 3.8) is 0 Å². The van der Waals surface area contributed by atoms with E-state index in [4.69, 9.17) is 11.6 Å². The van der Waals surface area contributed by atoms with Crippen molar-refractivity contribution in [1.82, 2.24) is 0 Å². The molecule has 0 bridgehead atoms. The van der Waals surface area contributed by atoms with Crippen LogP contribution in [0.25, 0.3) is 11.6 Å². The molecule has 0 aromatic heterocycles. The highest BCUT2D eigenvalue weighted by Gasteiger charge is 2.29. The molecule has 154 valence electrons. The minimum absolute atomic E-state index is 0.175. The van der Waals surface area contributed by atoms with E-state index in [1.165, 1.54) is 6.08 Å². The average molecular weight is 428 g/mol. The Morgan fingerprint density at radius 2 is 1.68 bits per heavy atom. The topological polar surface area (TPSA) is 37.4 Å². The molecule has 0 amide bonds. The van der Waals surface area contributed by atoms with Crippen LogP contribution in [0.3, 0.4) is 0 Å². The molecule has 3 aromatic rings. The van der Waals surface area contributed by atoms with E-state index in [2.05, 4.69) is 0 Å². The number of allylic oxidation sites excluding steroid dienone is 2. The first-order valence-corrected chi connectivity index (χ1v) is 10.4. The average Bonchev–Trinajstić information content (AvgIpc) is 2.77. The summed E-state index contributed by atoms with van der Waals surface area (Å²) in [6.45, 7) is 0. The largest absolute Gasteiger partial charge is 0.378 e. The smallest absolute Gasteiger partial charge is 0.190 e. The molecule has 0 heterocycles. The zero-order valence-corrected chi connectivity index (χ0v) is 18.2. The monoisotopic (exact) mass is 427 g/mol. The van der Waals surface area contributed by atoms with Gasteiger partial charge < -0.3 is 4.90 Å². The number of nitrogens with zero attached hydrogens (tertiary/aromatic N) is 1. The molecule has 0 unspecified atom stereocenters. The molecule has 4 rings (SSSR count). The van der Waals surface area contributed by atoms with Gasteiger partial charge in [-0.25, -0.2) is 0 Å². The first-order chi connectivity index (χ1) is 14.9. The molecule has 1 aliphatic rings. The Hall–Kier alpha value is -3.43. The second kappa shape index (κ2) is 8.75. The summed E-state index contributed by atoms with van der Waals surface area (Å²) in [5, 5.41) is 0.574. The van der Waals surface area contributed by atoms with Crippen molar-refractivity contribution >= 4 is 40.5 Å². The number of Topliss-reactive ketones (excluding diaryl/α,β-unsaturated/α-hetero) is 1. The molecule has 0 spiro atoms. The van der Waals surface area contributed by atoms with Crippen molar-refractivity contribution in [1.29, 1.82) is 0 Å². The van der Waals surface area contributed by atoms with Gasteiger partial charge in [-0.05, 0) is 52.6 Å². The van der Waals surface area contributed by atoms with Crippen LogP contribution in [-0.4, -0.2) is 25.7 Å². The minimum atomic E-state index is -0.300. The highest BCUT2D eigenvalue weighted by Crippen LogP contribution is 2.36. The van der Waals surface area contributed by atoms with E-state index in [9.17, 15) is 9.59 Å². The number of hydrogen-bond acceptors (Lipinski definition) is 3. The molecule has 0 fully saturated rings. The Labute approximate surface area is 187 Å². The molecule has 0 aliphatic heterocycles. The third kappa shape index (κ3) is 4.37. The normalized spacial score (nSPS) is 13.5. The van der Waals surface area contributed by atoms with Crippen LogP contribution in [0.4, 0.5) is 5.69 Å². The van der Waals surface area contributed by atoms with Gasteiger partial charge in [-0.3, -0.25) is 9.59 Å². The number of carbonyl (C=O) groups excluding carboxylic acids is 2. The Morgan fingerprint density at radius 3 is 2.35 bits per heavy atom. The quantitative estimate of drug-likeness (QED) is 0.392. The molecule has 0 atom stereocenters. The summed E-state index contributed by atoms with van der Waals surface area (Å²) in [5.74, 6) is -0.475. The Balaban J connectivity index is 1.78. The number of fused-ring (bicyclic) bond motifs is 1. The first-order valence-electron chi connectivity index (χ1n) is 10.1. The number of benzene rings is 3. The van der Waals surface area contributed by atoms with Crippen LogP contribution in [0.5, 0.6) is 0 Å². The van der Waals surface area contributed by atoms with Crippen LogP contribution in [0.1, 0.15) is 22.3 Å². The summed E-state index contributed by atoms with van der Waals surface area (Å²) in [5.41, 5.74) is 5.37. The van der Waals surface area contributed by atoms with Crippen molar-refractivity contribution in [2.75, 3.05) is 19.0 Å². The third-order valence-corrected chi connectivity index (χ3v) is 5.60. The SMILES string of the molecule is CN(C)c1ccc(C=CC(=O)C2=C(c3ccccc3)c3cc(Cl)ccc3CC2=O)cc1. The lowest BCUT2D eigenvalue weighted by atomic mass is 9.80. The van der Waals surface area contributed by atoms with Crippen molar-refractivity contribution < 1.29 is 9.59 Å². The second-order valence-corrected chi connectivity index (χ2v) is 8.14. The first kappa shape index (κ1) is 20.8. The van der Waals surface area contributed by atoms with Crippen LogP contribution in [0, 0.1) is 0 Å². The van der Waals surface area contributed by atoms with Crippen LogP contribution in [0.15, 0.2) is 84.4 Å². The fourth-order valence-corrected chi connectivity index (χ4v) is 3.95. The fourth-order valence-electron chi connectivity index (χ4n) is 3.78. The van der Waals surface area contributed by atoms with Crippen LogP contribution in [0.2, 0.25) is 5.02 Å². The van der Waals surface area contributed by atoms with Crippen molar-refractivity contribution in [2.24, 2.45) is 0 Å². The maximum absolute atomic E-state index is 13.2. The summed E-state index contributed by atoms with van der Waals surface area (Å²) < 4.78 is 0. The standard InChI is InChI=1S/C27H22ClNO2/c1-29(2)22-13-8-18(9-14-22)10-15-24(30)27-25(31)16-20-11-12-21(28)17-23(20)26(27)19-6-4-3-5-7-19/h3-15,17H,16H2,1-2H3. The van der Waals surface area contributed by atoms with Gasteiger partial charge in [0.25, 0.3) is 0 Å². The number of ketones is 2. The van der Waals surface area contributed by atoms with E-state index in [-0.39, 0.29) is 23.6 Å². The van der Waals surface area contributed by atoms with Gasteiger partial charge in [0.05, 0.1) is 5.57 Å². The molecular formula is C27H22ClNO2. The minimum Gasteiger partial charge on any atom is -0.378 e. The zero-order valence-electron chi connectivity index (χ0n) is 17.4.